The van der Waals surface area contributed by atoms with Crippen LogP contribution in [0.1, 0.15) is 12.5 Å². The maximum absolute atomic E-state index is 4.53. The molecule has 0 radical (unpaired) electrons. The summed E-state index contributed by atoms with van der Waals surface area (Å²) < 4.78 is 0. The van der Waals surface area contributed by atoms with Crippen LogP contribution in [0.25, 0.3) is 11.4 Å². The molecule has 0 aliphatic heterocycles. The van der Waals surface area contributed by atoms with Crippen molar-refractivity contribution in [2.24, 2.45) is 0 Å². The topological polar surface area (TPSA) is 62.7 Å². The molecule has 0 amide bonds. The monoisotopic (exact) mass is 305 g/mol. The second-order valence-electron chi connectivity index (χ2n) is 5.15. The molecule has 0 unspecified atom stereocenters. The van der Waals surface area contributed by atoms with Gasteiger partial charge in [-0.15, -0.1) is 0 Å². The van der Waals surface area contributed by atoms with Crippen molar-refractivity contribution in [3.63, 3.8) is 0 Å². The van der Waals surface area contributed by atoms with Crippen molar-refractivity contribution in [3.05, 3.63) is 60.3 Å². The second-order valence-corrected chi connectivity index (χ2v) is 5.15. The highest BCUT2D eigenvalue weighted by Gasteiger charge is 2.08. The molecular formula is C18H19N5. The average molecular weight is 305 g/mol. The highest BCUT2D eigenvalue weighted by Crippen LogP contribution is 2.23. The van der Waals surface area contributed by atoms with Gasteiger partial charge in [0.2, 0.25) is 5.95 Å². The largest absolute Gasteiger partial charge is 0.354 e. The number of para-hydroxylation sites is 1. The predicted octanol–water partition coefficient (Wildman–Crippen LogP) is 4.02. The zero-order valence-electron chi connectivity index (χ0n) is 13.2. The second kappa shape index (κ2) is 6.87. The molecule has 0 aliphatic carbocycles. The van der Waals surface area contributed by atoms with Gasteiger partial charge in [0.25, 0.3) is 0 Å². The normalized spacial score (nSPS) is 10.3. The van der Waals surface area contributed by atoms with Gasteiger partial charge >= 0.3 is 0 Å². The van der Waals surface area contributed by atoms with Gasteiger partial charge in [-0.3, -0.25) is 4.98 Å². The number of hydrogen-bond donors (Lipinski definition) is 2. The van der Waals surface area contributed by atoms with Gasteiger partial charge in [0, 0.05) is 24.5 Å². The van der Waals surface area contributed by atoms with Gasteiger partial charge in [-0.05, 0) is 37.6 Å². The number of hydrogen-bond acceptors (Lipinski definition) is 5. The lowest BCUT2D eigenvalue weighted by Gasteiger charge is -2.12. The van der Waals surface area contributed by atoms with Gasteiger partial charge in [-0.2, -0.15) is 4.98 Å². The first-order chi connectivity index (χ1) is 11.3. The smallest absolute Gasteiger partial charge is 0.225 e. The number of nitrogens with one attached hydrogen (secondary N) is 2. The first-order valence-corrected chi connectivity index (χ1v) is 7.63. The third kappa shape index (κ3) is 3.63. The molecule has 2 aromatic heterocycles. The zero-order valence-corrected chi connectivity index (χ0v) is 13.2. The molecule has 116 valence electrons. The van der Waals surface area contributed by atoms with Crippen LogP contribution in [0, 0.1) is 6.92 Å². The summed E-state index contributed by atoms with van der Waals surface area (Å²) in [6.07, 6.45) is 1.76. The Labute approximate surface area is 135 Å². The maximum Gasteiger partial charge on any atom is 0.225 e. The van der Waals surface area contributed by atoms with E-state index in [4.69, 9.17) is 0 Å². The van der Waals surface area contributed by atoms with Crippen LogP contribution in [0.4, 0.5) is 17.5 Å². The van der Waals surface area contributed by atoms with Gasteiger partial charge in [-0.1, -0.05) is 24.3 Å². The molecule has 0 fully saturated rings. The van der Waals surface area contributed by atoms with Crippen molar-refractivity contribution in [2.45, 2.75) is 13.8 Å². The third-order valence-electron chi connectivity index (χ3n) is 3.40. The SMILES string of the molecule is CCNc1nc(Nc2ccccc2C)cc(-c2ccccn2)n1. The van der Waals surface area contributed by atoms with E-state index in [2.05, 4.69) is 38.6 Å². The summed E-state index contributed by atoms with van der Waals surface area (Å²) in [5, 5.41) is 6.53. The van der Waals surface area contributed by atoms with E-state index in [0.29, 0.717) is 5.95 Å². The van der Waals surface area contributed by atoms with Crippen LogP contribution in [0.15, 0.2) is 54.7 Å². The predicted molar refractivity (Wildman–Crippen MR) is 93.9 cm³/mol. The standard InChI is InChI=1S/C18H19N5/c1-3-19-18-22-16(15-10-6-7-11-20-15)12-17(23-18)21-14-9-5-4-8-13(14)2/h4-12H,3H2,1-2H3,(H2,19,21,22,23). The van der Waals surface area contributed by atoms with Crippen molar-refractivity contribution < 1.29 is 0 Å². The van der Waals surface area contributed by atoms with Crippen molar-refractivity contribution in [1.29, 1.82) is 0 Å². The molecule has 2 N–H and O–H groups in total. The van der Waals surface area contributed by atoms with Crippen molar-refractivity contribution >= 4 is 17.5 Å². The number of benzene rings is 1. The molecule has 0 atom stereocenters. The van der Waals surface area contributed by atoms with Gasteiger partial charge in [0.15, 0.2) is 0 Å². The molecule has 0 saturated carbocycles. The Kier molecular flexibility index (Phi) is 4.47. The van der Waals surface area contributed by atoms with Gasteiger partial charge in [0.05, 0.1) is 11.4 Å². The van der Waals surface area contributed by atoms with Crippen LogP contribution in [0.5, 0.6) is 0 Å². The molecular weight excluding hydrogens is 286 g/mol. The van der Waals surface area contributed by atoms with E-state index in [-0.39, 0.29) is 0 Å². The first-order valence-electron chi connectivity index (χ1n) is 7.63. The minimum Gasteiger partial charge on any atom is -0.354 e. The Balaban J connectivity index is 1.99. The molecule has 1 aromatic carbocycles. The van der Waals surface area contributed by atoms with Gasteiger partial charge in [-0.25, -0.2) is 4.98 Å². The Morgan fingerprint density at radius 1 is 0.957 bits per heavy atom. The van der Waals surface area contributed by atoms with Crippen LogP contribution in [-0.2, 0) is 0 Å². The highest BCUT2D eigenvalue weighted by molar-refractivity contribution is 5.66. The van der Waals surface area contributed by atoms with E-state index in [1.54, 1.807) is 6.20 Å². The minimum atomic E-state index is 0.590. The quantitative estimate of drug-likeness (QED) is 0.745. The summed E-state index contributed by atoms with van der Waals surface area (Å²) in [5.74, 6) is 1.33. The summed E-state index contributed by atoms with van der Waals surface area (Å²) >= 11 is 0. The van der Waals surface area contributed by atoms with Crippen LogP contribution in [-0.4, -0.2) is 21.5 Å². The van der Waals surface area contributed by atoms with E-state index in [1.165, 1.54) is 0 Å². The number of anilines is 3. The average Bonchev–Trinajstić information content (AvgIpc) is 2.58. The summed E-state index contributed by atoms with van der Waals surface area (Å²) in [6.45, 7) is 4.84. The Morgan fingerprint density at radius 3 is 2.52 bits per heavy atom. The number of aryl methyl sites for hydroxylation is 1. The number of rotatable bonds is 5. The fourth-order valence-corrected chi connectivity index (χ4v) is 2.25. The summed E-state index contributed by atoms with van der Waals surface area (Å²) in [6, 6.07) is 15.8. The van der Waals surface area contributed by atoms with Gasteiger partial charge in [0.1, 0.15) is 5.82 Å². The molecule has 2 heterocycles. The van der Waals surface area contributed by atoms with E-state index in [9.17, 15) is 0 Å². The molecule has 5 nitrogen and oxygen atoms in total. The van der Waals surface area contributed by atoms with E-state index in [1.807, 2.05) is 49.4 Å². The lowest BCUT2D eigenvalue weighted by atomic mass is 10.2. The molecule has 3 aromatic rings. The lowest BCUT2D eigenvalue weighted by molar-refractivity contribution is 1.08. The van der Waals surface area contributed by atoms with Crippen LogP contribution in [0.3, 0.4) is 0 Å². The van der Waals surface area contributed by atoms with E-state index in [0.717, 1.165) is 35.0 Å². The minimum absolute atomic E-state index is 0.590. The van der Waals surface area contributed by atoms with Crippen molar-refractivity contribution in [3.8, 4) is 11.4 Å². The first kappa shape index (κ1) is 15.0. The molecule has 3 rings (SSSR count). The fraction of sp³-hybridized carbons (Fsp3) is 0.167. The summed E-state index contributed by atoms with van der Waals surface area (Å²) in [4.78, 5) is 13.4. The lowest BCUT2D eigenvalue weighted by Crippen LogP contribution is -2.06. The highest BCUT2D eigenvalue weighted by atomic mass is 15.1. The molecule has 0 aliphatic rings. The summed E-state index contributed by atoms with van der Waals surface area (Å²) in [5.41, 5.74) is 3.80. The molecule has 23 heavy (non-hydrogen) atoms. The van der Waals surface area contributed by atoms with Crippen molar-refractivity contribution in [2.75, 3.05) is 17.2 Å². The van der Waals surface area contributed by atoms with Gasteiger partial charge < -0.3 is 10.6 Å². The van der Waals surface area contributed by atoms with Crippen LogP contribution < -0.4 is 10.6 Å². The Morgan fingerprint density at radius 2 is 1.78 bits per heavy atom. The molecule has 0 saturated heterocycles. The molecule has 0 spiro atoms. The Hall–Kier alpha value is -2.95. The van der Waals surface area contributed by atoms with E-state index < -0.39 is 0 Å². The zero-order chi connectivity index (χ0) is 16.1. The number of nitrogens with zero attached hydrogens (tertiary/aromatic N) is 3. The van der Waals surface area contributed by atoms with E-state index >= 15 is 0 Å². The fourth-order valence-electron chi connectivity index (χ4n) is 2.25. The van der Waals surface area contributed by atoms with Crippen LogP contribution in [0.2, 0.25) is 0 Å². The van der Waals surface area contributed by atoms with Crippen molar-refractivity contribution in [1.82, 2.24) is 15.0 Å². The Bertz CT molecular complexity index is 786. The van der Waals surface area contributed by atoms with Crippen LogP contribution >= 0.6 is 0 Å². The number of aromatic nitrogens is 3. The maximum atomic E-state index is 4.53. The molecule has 5 heteroatoms. The molecule has 0 bridgehead atoms. The number of pyridine rings is 1. The third-order valence-corrected chi connectivity index (χ3v) is 3.40. The summed E-state index contributed by atoms with van der Waals surface area (Å²) in [7, 11) is 0.